The van der Waals surface area contributed by atoms with Crippen molar-refractivity contribution in [3.63, 3.8) is 0 Å². The molecule has 8 heteroatoms. The van der Waals surface area contributed by atoms with Crippen LogP contribution in [-0.2, 0) is 11.3 Å². The van der Waals surface area contributed by atoms with Crippen LogP contribution in [0.2, 0.25) is 0 Å². The number of hydrogen-bond donors (Lipinski definition) is 0. The van der Waals surface area contributed by atoms with Gasteiger partial charge in [0.15, 0.2) is 5.82 Å². The van der Waals surface area contributed by atoms with Crippen LogP contribution in [0, 0.1) is 0 Å². The van der Waals surface area contributed by atoms with Gasteiger partial charge in [-0.3, -0.25) is 9.59 Å². The van der Waals surface area contributed by atoms with E-state index in [4.69, 9.17) is 9.47 Å². The van der Waals surface area contributed by atoms with Crippen LogP contribution < -0.4 is 9.64 Å². The maximum atomic E-state index is 13.2. The lowest BCUT2D eigenvalue weighted by Crippen LogP contribution is -2.31. The van der Waals surface area contributed by atoms with Crippen molar-refractivity contribution in [2.75, 3.05) is 4.90 Å². The van der Waals surface area contributed by atoms with Crippen LogP contribution in [0.5, 0.6) is 5.75 Å². The number of amides is 2. The summed E-state index contributed by atoms with van der Waals surface area (Å²) in [5, 5.41) is 4.77. The minimum atomic E-state index is -0.771. The summed E-state index contributed by atoms with van der Waals surface area (Å²) in [6, 6.07) is 21.3. The third-order valence-electron chi connectivity index (χ3n) is 5.46. The fourth-order valence-electron chi connectivity index (χ4n) is 3.96. The molecule has 0 N–H and O–H groups in total. The summed E-state index contributed by atoms with van der Waals surface area (Å²) in [6.07, 6.45) is -0.731. The van der Waals surface area contributed by atoms with Crippen LogP contribution in [-0.4, -0.2) is 33.3 Å². The summed E-state index contributed by atoms with van der Waals surface area (Å²) in [5.41, 5.74) is 1.08. The lowest BCUT2D eigenvalue weighted by Gasteiger charge is -2.19. The Hall–Kier alpha value is -4.46. The molecular weight excluding hydrogens is 446 g/mol. The SMILES string of the molecule is CC(C)(C)OC(=O)n1nc(N2C(=O)c3ccccc3C2=O)c2c(OCc3ccccc3)cccc21. The Kier molecular flexibility index (Phi) is 5.36. The lowest BCUT2D eigenvalue weighted by molar-refractivity contribution is 0.0521. The van der Waals surface area contributed by atoms with E-state index in [9.17, 15) is 14.4 Å². The highest BCUT2D eigenvalue weighted by Gasteiger charge is 2.40. The summed E-state index contributed by atoms with van der Waals surface area (Å²) in [4.78, 5) is 40.5. The minimum Gasteiger partial charge on any atom is -0.488 e. The predicted octanol–water partition coefficient (Wildman–Crippen LogP) is 5.20. The minimum absolute atomic E-state index is 0.0146. The molecule has 0 atom stereocenters. The topological polar surface area (TPSA) is 90.7 Å². The Morgan fingerprint density at radius 3 is 2.11 bits per heavy atom. The molecule has 0 fully saturated rings. The number of imide groups is 1. The summed E-state index contributed by atoms with van der Waals surface area (Å²) in [5.74, 6) is -0.633. The predicted molar refractivity (Wildman–Crippen MR) is 130 cm³/mol. The number of hydrogen-bond acceptors (Lipinski definition) is 6. The van der Waals surface area contributed by atoms with Gasteiger partial charge in [0.05, 0.1) is 22.0 Å². The fourth-order valence-corrected chi connectivity index (χ4v) is 3.96. The van der Waals surface area contributed by atoms with Crippen LogP contribution in [0.4, 0.5) is 10.6 Å². The number of rotatable bonds is 4. The van der Waals surface area contributed by atoms with Crippen molar-refractivity contribution in [2.45, 2.75) is 33.0 Å². The van der Waals surface area contributed by atoms with Crippen LogP contribution in [0.1, 0.15) is 47.1 Å². The van der Waals surface area contributed by atoms with E-state index in [2.05, 4.69) is 5.10 Å². The first kappa shape index (κ1) is 22.3. The zero-order chi connectivity index (χ0) is 24.7. The van der Waals surface area contributed by atoms with Crippen LogP contribution in [0.3, 0.4) is 0 Å². The summed E-state index contributed by atoms with van der Waals surface area (Å²) in [6.45, 7) is 5.49. The zero-order valence-electron chi connectivity index (χ0n) is 19.5. The fraction of sp³-hybridized carbons (Fsp3) is 0.185. The van der Waals surface area contributed by atoms with Crippen LogP contribution >= 0.6 is 0 Å². The number of fused-ring (bicyclic) bond motifs is 2. The second kappa shape index (κ2) is 8.39. The standard InChI is InChI=1S/C27H23N3O5/c1-27(2,3)35-26(33)30-20-14-9-15-21(34-16-17-10-5-4-6-11-17)22(20)23(28-30)29-24(31)18-12-7-8-13-19(18)25(29)32/h4-15H,16H2,1-3H3. The van der Waals surface area contributed by atoms with E-state index in [1.165, 1.54) is 0 Å². The van der Waals surface area contributed by atoms with E-state index in [1.54, 1.807) is 63.2 Å². The van der Waals surface area contributed by atoms with Gasteiger partial charge in [0.1, 0.15) is 18.0 Å². The second-order valence-electron chi connectivity index (χ2n) is 9.13. The Labute approximate surface area is 201 Å². The maximum Gasteiger partial charge on any atom is 0.435 e. The van der Waals surface area contributed by atoms with Crippen molar-refractivity contribution in [3.8, 4) is 5.75 Å². The van der Waals surface area contributed by atoms with Crippen LogP contribution in [0.15, 0.2) is 72.8 Å². The average molecular weight is 469 g/mol. The smallest absolute Gasteiger partial charge is 0.435 e. The first-order valence-electron chi connectivity index (χ1n) is 11.1. The highest BCUT2D eigenvalue weighted by molar-refractivity contribution is 6.35. The Morgan fingerprint density at radius 1 is 0.857 bits per heavy atom. The van der Waals surface area contributed by atoms with E-state index < -0.39 is 23.5 Å². The molecule has 0 bridgehead atoms. The van der Waals surface area contributed by atoms with Gasteiger partial charge in [0.2, 0.25) is 0 Å². The molecule has 0 saturated carbocycles. The van der Waals surface area contributed by atoms with Gasteiger partial charge in [-0.2, -0.15) is 4.68 Å². The van der Waals surface area contributed by atoms with Gasteiger partial charge in [-0.15, -0.1) is 5.10 Å². The number of carbonyl (C=O) groups excluding carboxylic acids is 3. The zero-order valence-corrected chi connectivity index (χ0v) is 19.5. The molecule has 0 aliphatic carbocycles. The van der Waals surface area contributed by atoms with E-state index in [1.807, 2.05) is 30.3 Å². The molecule has 1 aliphatic rings. The number of anilines is 1. The van der Waals surface area contributed by atoms with E-state index >= 15 is 0 Å². The molecule has 4 aromatic rings. The molecule has 0 saturated heterocycles. The first-order valence-corrected chi connectivity index (χ1v) is 11.1. The molecule has 2 heterocycles. The summed E-state index contributed by atoms with van der Waals surface area (Å²) < 4.78 is 12.7. The number of ether oxygens (including phenoxy) is 2. The normalized spacial score (nSPS) is 13.3. The first-order chi connectivity index (χ1) is 16.7. The van der Waals surface area contributed by atoms with Gasteiger partial charge in [0.25, 0.3) is 11.8 Å². The van der Waals surface area contributed by atoms with Gasteiger partial charge < -0.3 is 9.47 Å². The number of carbonyl (C=O) groups is 3. The van der Waals surface area contributed by atoms with Gasteiger partial charge in [-0.05, 0) is 50.6 Å². The number of aromatic nitrogens is 2. The van der Waals surface area contributed by atoms with Crippen molar-refractivity contribution in [2.24, 2.45) is 0 Å². The van der Waals surface area contributed by atoms with Crippen molar-refractivity contribution in [1.82, 2.24) is 9.78 Å². The third kappa shape index (κ3) is 4.03. The lowest BCUT2D eigenvalue weighted by atomic mass is 10.1. The van der Waals surface area contributed by atoms with Crippen molar-refractivity contribution >= 4 is 34.6 Å². The monoisotopic (exact) mass is 469 g/mol. The second-order valence-corrected chi connectivity index (χ2v) is 9.13. The van der Waals surface area contributed by atoms with E-state index in [-0.39, 0.29) is 23.6 Å². The van der Waals surface area contributed by atoms with Crippen LogP contribution in [0.25, 0.3) is 10.9 Å². The average Bonchev–Trinajstić information content (AvgIpc) is 3.33. The molecule has 8 nitrogen and oxygen atoms in total. The molecule has 5 rings (SSSR count). The molecule has 1 aromatic heterocycles. The van der Waals surface area contributed by atoms with Gasteiger partial charge in [0, 0.05) is 0 Å². The van der Waals surface area contributed by atoms with E-state index in [0.717, 1.165) is 15.1 Å². The molecule has 2 amide bonds. The van der Waals surface area contributed by atoms with Crippen molar-refractivity contribution in [1.29, 1.82) is 0 Å². The Balaban J connectivity index is 1.65. The molecule has 176 valence electrons. The van der Waals surface area contributed by atoms with Gasteiger partial charge in [-0.1, -0.05) is 48.5 Å². The number of nitrogens with zero attached hydrogens (tertiary/aromatic N) is 3. The molecule has 0 unspecified atom stereocenters. The molecular formula is C27H23N3O5. The number of benzene rings is 3. The summed E-state index contributed by atoms with van der Waals surface area (Å²) >= 11 is 0. The molecule has 35 heavy (non-hydrogen) atoms. The highest BCUT2D eigenvalue weighted by Crippen LogP contribution is 2.38. The largest absolute Gasteiger partial charge is 0.488 e. The third-order valence-corrected chi connectivity index (χ3v) is 5.46. The van der Waals surface area contributed by atoms with Crippen molar-refractivity contribution in [3.05, 3.63) is 89.5 Å². The quantitative estimate of drug-likeness (QED) is 0.382. The summed E-state index contributed by atoms with van der Waals surface area (Å²) in [7, 11) is 0. The van der Waals surface area contributed by atoms with E-state index in [0.29, 0.717) is 16.7 Å². The maximum absolute atomic E-state index is 13.2. The van der Waals surface area contributed by atoms with Gasteiger partial charge in [-0.25, -0.2) is 9.69 Å². The Bertz CT molecular complexity index is 1430. The molecule has 0 radical (unpaired) electrons. The molecule has 3 aromatic carbocycles. The van der Waals surface area contributed by atoms with Crippen molar-refractivity contribution < 1.29 is 23.9 Å². The highest BCUT2D eigenvalue weighted by atomic mass is 16.6. The molecule has 0 spiro atoms. The van der Waals surface area contributed by atoms with Gasteiger partial charge >= 0.3 is 6.09 Å². The Morgan fingerprint density at radius 2 is 1.49 bits per heavy atom. The molecule has 1 aliphatic heterocycles.